The van der Waals surface area contributed by atoms with E-state index in [-0.39, 0.29) is 0 Å². The van der Waals surface area contributed by atoms with Crippen LogP contribution in [0.3, 0.4) is 0 Å². The molecular formula is C22H42. The molecule has 6 atom stereocenters. The normalized spacial score (nSPS) is 45.5. The van der Waals surface area contributed by atoms with E-state index in [1.165, 1.54) is 64.2 Å². The van der Waals surface area contributed by atoms with Crippen LogP contribution < -0.4 is 0 Å². The first-order valence-electron chi connectivity index (χ1n) is 10.5. The Kier molecular flexibility index (Phi) is 6.06. The molecule has 0 aliphatic heterocycles. The number of unbranched alkanes of at least 4 members (excludes halogenated alkanes) is 1. The molecule has 0 heterocycles. The van der Waals surface area contributed by atoms with E-state index in [9.17, 15) is 0 Å². The highest BCUT2D eigenvalue weighted by atomic mass is 14.6. The molecule has 0 amide bonds. The van der Waals surface area contributed by atoms with Crippen LogP contribution in [0.5, 0.6) is 0 Å². The molecule has 0 radical (unpaired) electrons. The highest BCUT2D eigenvalue weighted by molar-refractivity contribution is 5.05. The van der Waals surface area contributed by atoms with Crippen LogP contribution in [0.2, 0.25) is 0 Å². The van der Waals surface area contributed by atoms with Gasteiger partial charge in [0.25, 0.3) is 0 Å². The highest BCUT2D eigenvalue weighted by Crippen LogP contribution is 2.64. The highest BCUT2D eigenvalue weighted by Gasteiger charge is 2.55. The summed E-state index contributed by atoms with van der Waals surface area (Å²) in [6.45, 7) is 15.0. The zero-order chi connectivity index (χ0) is 16.4. The summed E-state index contributed by atoms with van der Waals surface area (Å²) in [5.74, 6) is 4.10. The Bertz CT molecular complexity index is 346. The van der Waals surface area contributed by atoms with Crippen LogP contribution in [0, 0.1) is 34.5 Å². The van der Waals surface area contributed by atoms with Gasteiger partial charge in [-0.2, -0.15) is 0 Å². The lowest BCUT2D eigenvalue weighted by Crippen LogP contribution is -2.53. The topological polar surface area (TPSA) is 0 Å². The first kappa shape index (κ1) is 18.3. The van der Waals surface area contributed by atoms with Crippen LogP contribution in [-0.2, 0) is 0 Å². The minimum atomic E-state index is 0.577. The summed E-state index contributed by atoms with van der Waals surface area (Å²) in [5, 5.41) is 0. The molecule has 0 nitrogen and oxygen atoms in total. The molecule has 2 aliphatic rings. The van der Waals surface area contributed by atoms with Gasteiger partial charge < -0.3 is 0 Å². The minimum Gasteiger partial charge on any atom is -0.0654 e. The molecule has 0 aromatic rings. The van der Waals surface area contributed by atoms with Gasteiger partial charge in [-0.25, -0.2) is 0 Å². The number of hydrogen-bond donors (Lipinski definition) is 0. The average Bonchev–Trinajstić information content (AvgIpc) is 2.55. The van der Waals surface area contributed by atoms with Crippen molar-refractivity contribution >= 4 is 0 Å². The molecule has 1 unspecified atom stereocenters. The molecule has 130 valence electrons. The maximum absolute atomic E-state index is 2.66. The van der Waals surface area contributed by atoms with Crippen molar-refractivity contribution < 1.29 is 0 Å². The van der Waals surface area contributed by atoms with Crippen LogP contribution >= 0.6 is 0 Å². The second kappa shape index (κ2) is 7.27. The van der Waals surface area contributed by atoms with Crippen LogP contribution in [-0.4, -0.2) is 0 Å². The lowest BCUT2D eigenvalue weighted by atomic mass is 9.43. The van der Waals surface area contributed by atoms with Crippen molar-refractivity contribution in [2.24, 2.45) is 34.5 Å². The number of hydrogen-bond acceptors (Lipinski definition) is 0. The number of rotatable bonds is 6. The Morgan fingerprint density at radius 2 is 1.64 bits per heavy atom. The SMILES string of the molecule is CCCC[C@@H]1C2CC[C@](C)(CC)[C@@](C)(CC)[C@@H]2CC[C@@H]1CC. The second-order valence-corrected chi connectivity index (χ2v) is 9.05. The van der Waals surface area contributed by atoms with Gasteiger partial charge in [-0.05, 0) is 73.0 Å². The fourth-order valence-corrected chi connectivity index (χ4v) is 6.56. The largest absolute Gasteiger partial charge is 0.0654 e. The van der Waals surface area contributed by atoms with Crippen LogP contribution in [0.4, 0.5) is 0 Å². The first-order chi connectivity index (χ1) is 10.5. The molecule has 0 aromatic carbocycles. The van der Waals surface area contributed by atoms with Gasteiger partial charge in [-0.1, -0.05) is 67.2 Å². The molecule has 0 spiro atoms. The maximum atomic E-state index is 2.66. The summed E-state index contributed by atoms with van der Waals surface area (Å²) in [6, 6.07) is 0. The molecule has 0 bridgehead atoms. The number of fused-ring (bicyclic) bond motifs is 1. The van der Waals surface area contributed by atoms with Crippen LogP contribution in [0.1, 0.15) is 106 Å². The van der Waals surface area contributed by atoms with E-state index in [4.69, 9.17) is 0 Å². The van der Waals surface area contributed by atoms with E-state index < -0.39 is 0 Å². The summed E-state index contributed by atoms with van der Waals surface area (Å²) in [6.07, 6.45) is 14.6. The summed E-state index contributed by atoms with van der Waals surface area (Å²) in [5.41, 5.74) is 1.16. The van der Waals surface area contributed by atoms with Crippen molar-refractivity contribution in [3.05, 3.63) is 0 Å². The lowest BCUT2D eigenvalue weighted by Gasteiger charge is -2.61. The minimum absolute atomic E-state index is 0.577. The predicted molar refractivity (Wildman–Crippen MR) is 99.0 cm³/mol. The summed E-state index contributed by atoms with van der Waals surface area (Å²) in [7, 11) is 0. The molecule has 2 rings (SSSR count). The van der Waals surface area contributed by atoms with Gasteiger partial charge in [-0.3, -0.25) is 0 Å². The van der Waals surface area contributed by atoms with Gasteiger partial charge >= 0.3 is 0 Å². The van der Waals surface area contributed by atoms with Crippen molar-refractivity contribution in [3.8, 4) is 0 Å². The van der Waals surface area contributed by atoms with Crippen LogP contribution in [0.25, 0.3) is 0 Å². The third kappa shape index (κ3) is 2.89. The van der Waals surface area contributed by atoms with E-state index in [0.29, 0.717) is 10.8 Å². The molecule has 0 N–H and O–H groups in total. The molecule has 0 saturated heterocycles. The third-order valence-corrected chi connectivity index (χ3v) is 8.68. The van der Waals surface area contributed by atoms with Crippen molar-refractivity contribution in [2.45, 2.75) is 106 Å². The van der Waals surface area contributed by atoms with Crippen molar-refractivity contribution in [1.82, 2.24) is 0 Å². The summed E-state index contributed by atoms with van der Waals surface area (Å²) in [4.78, 5) is 0. The quantitative estimate of drug-likeness (QED) is 0.477. The second-order valence-electron chi connectivity index (χ2n) is 9.05. The zero-order valence-electron chi connectivity index (χ0n) is 16.4. The molecule has 2 saturated carbocycles. The Hall–Kier alpha value is 0. The Labute approximate surface area is 140 Å². The zero-order valence-corrected chi connectivity index (χ0v) is 16.4. The lowest BCUT2D eigenvalue weighted by molar-refractivity contribution is -0.122. The predicted octanol–water partition coefficient (Wildman–Crippen LogP) is 7.47. The van der Waals surface area contributed by atoms with Gasteiger partial charge in [-0.15, -0.1) is 0 Å². The van der Waals surface area contributed by atoms with E-state index in [0.717, 1.165) is 23.7 Å². The summed E-state index contributed by atoms with van der Waals surface area (Å²) >= 11 is 0. The van der Waals surface area contributed by atoms with E-state index in [2.05, 4.69) is 41.5 Å². The smallest absolute Gasteiger partial charge is 0.0244 e. The van der Waals surface area contributed by atoms with Gasteiger partial charge in [0.2, 0.25) is 0 Å². The van der Waals surface area contributed by atoms with E-state index >= 15 is 0 Å². The molecule has 2 fully saturated rings. The van der Waals surface area contributed by atoms with Gasteiger partial charge in [0.15, 0.2) is 0 Å². The monoisotopic (exact) mass is 306 g/mol. The molecule has 2 aliphatic carbocycles. The Morgan fingerprint density at radius 1 is 0.909 bits per heavy atom. The van der Waals surface area contributed by atoms with E-state index in [1.807, 2.05) is 0 Å². The Morgan fingerprint density at radius 3 is 2.18 bits per heavy atom. The van der Waals surface area contributed by atoms with Gasteiger partial charge in [0, 0.05) is 0 Å². The Balaban J connectivity index is 2.27. The van der Waals surface area contributed by atoms with Crippen LogP contribution in [0.15, 0.2) is 0 Å². The molecule has 0 aromatic heterocycles. The van der Waals surface area contributed by atoms with E-state index in [1.54, 1.807) is 0 Å². The standard InChI is InChI=1S/C22H42/c1-7-11-12-18-17(8-2)13-14-20-19(18)15-16-21(5,9-3)22(20,6)10-4/h17-20H,7-16H2,1-6H3/t17-,18-,19?,20+,21-,22-/m0/s1. The third-order valence-electron chi connectivity index (χ3n) is 8.68. The van der Waals surface area contributed by atoms with Gasteiger partial charge in [0.05, 0.1) is 0 Å². The fraction of sp³-hybridized carbons (Fsp3) is 1.00. The summed E-state index contributed by atoms with van der Waals surface area (Å²) < 4.78 is 0. The van der Waals surface area contributed by atoms with Crippen molar-refractivity contribution in [3.63, 3.8) is 0 Å². The van der Waals surface area contributed by atoms with Crippen molar-refractivity contribution in [2.75, 3.05) is 0 Å². The van der Waals surface area contributed by atoms with Crippen molar-refractivity contribution in [1.29, 1.82) is 0 Å². The fourth-order valence-electron chi connectivity index (χ4n) is 6.56. The molecule has 0 heteroatoms. The average molecular weight is 307 g/mol. The molecule has 22 heavy (non-hydrogen) atoms. The maximum Gasteiger partial charge on any atom is -0.0244 e. The molecular weight excluding hydrogens is 264 g/mol. The first-order valence-corrected chi connectivity index (χ1v) is 10.5. The van der Waals surface area contributed by atoms with Gasteiger partial charge in [0.1, 0.15) is 0 Å².